The predicted octanol–water partition coefficient (Wildman–Crippen LogP) is 3.10. The molecule has 0 amide bonds. The zero-order valence-electron chi connectivity index (χ0n) is 10.2. The minimum absolute atomic E-state index is 0.271. The van der Waals surface area contributed by atoms with Crippen LogP contribution in [0.2, 0.25) is 0 Å². The maximum atomic E-state index is 11.6. The minimum Gasteiger partial charge on any atom is -0.229 e. The summed E-state index contributed by atoms with van der Waals surface area (Å²) in [5.41, 5.74) is 0. The van der Waals surface area contributed by atoms with Crippen molar-refractivity contribution in [1.29, 1.82) is 0 Å². The first-order chi connectivity index (χ1) is 6.79. The van der Waals surface area contributed by atoms with Gasteiger partial charge in [-0.05, 0) is 38.5 Å². The first-order valence-corrected chi connectivity index (χ1v) is 7.82. The van der Waals surface area contributed by atoms with E-state index in [2.05, 4.69) is 13.8 Å². The summed E-state index contributed by atoms with van der Waals surface area (Å²) in [6.45, 7) is 7.73. The van der Waals surface area contributed by atoms with Crippen molar-refractivity contribution in [1.82, 2.24) is 0 Å². The number of alkyl halides is 1. The van der Waals surface area contributed by atoms with Crippen LogP contribution in [-0.4, -0.2) is 25.3 Å². The van der Waals surface area contributed by atoms with Gasteiger partial charge in [-0.2, -0.15) is 0 Å². The van der Waals surface area contributed by atoms with Crippen LogP contribution in [0, 0.1) is 11.8 Å². The van der Waals surface area contributed by atoms with Crippen molar-refractivity contribution in [2.45, 2.75) is 45.8 Å². The van der Waals surface area contributed by atoms with Crippen molar-refractivity contribution in [3.05, 3.63) is 0 Å². The molecule has 0 N–H and O–H groups in total. The summed E-state index contributed by atoms with van der Waals surface area (Å²) in [4.78, 5) is 0. The van der Waals surface area contributed by atoms with E-state index in [9.17, 15) is 8.42 Å². The molecule has 0 bridgehead atoms. The van der Waals surface area contributed by atoms with Crippen LogP contribution in [0.3, 0.4) is 0 Å². The lowest BCUT2D eigenvalue weighted by molar-refractivity contribution is 0.431. The molecule has 92 valence electrons. The van der Waals surface area contributed by atoms with Crippen LogP contribution in [0.4, 0.5) is 0 Å². The average Bonchev–Trinajstić information content (AvgIpc) is 2.11. The van der Waals surface area contributed by atoms with E-state index < -0.39 is 9.84 Å². The summed E-state index contributed by atoms with van der Waals surface area (Å²) in [6.07, 6.45) is 1.71. The smallest absolute Gasteiger partial charge is 0.152 e. The van der Waals surface area contributed by atoms with Crippen molar-refractivity contribution in [3.8, 4) is 0 Å². The first-order valence-electron chi connectivity index (χ1n) is 5.57. The van der Waals surface area contributed by atoms with Gasteiger partial charge < -0.3 is 0 Å². The van der Waals surface area contributed by atoms with Gasteiger partial charge in [0.05, 0.1) is 11.0 Å². The Bertz CT molecular complexity index is 258. The van der Waals surface area contributed by atoms with E-state index in [1.165, 1.54) is 0 Å². The van der Waals surface area contributed by atoms with E-state index in [0.29, 0.717) is 24.1 Å². The van der Waals surface area contributed by atoms with Crippen LogP contribution in [0.5, 0.6) is 0 Å². The number of rotatable bonds is 7. The minimum atomic E-state index is -2.90. The fourth-order valence-electron chi connectivity index (χ4n) is 1.49. The summed E-state index contributed by atoms with van der Waals surface area (Å²) < 4.78 is 23.2. The third-order valence-electron chi connectivity index (χ3n) is 2.55. The third kappa shape index (κ3) is 6.41. The van der Waals surface area contributed by atoms with Crippen molar-refractivity contribution in [2.24, 2.45) is 11.8 Å². The van der Waals surface area contributed by atoms with Gasteiger partial charge in [0, 0.05) is 5.88 Å². The molecule has 1 atom stereocenters. The van der Waals surface area contributed by atoms with Gasteiger partial charge in [0.1, 0.15) is 0 Å². The van der Waals surface area contributed by atoms with E-state index in [4.69, 9.17) is 11.6 Å². The molecule has 0 aliphatic rings. The van der Waals surface area contributed by atoms with Crippen LogP contribution in [0.15, 0.2) is 0 Å². The quantitative estimate of drug-likeness (QED) is 0.655. The predicted molar refractivity (Wildman–Crippen MR) is 67.2 cm³/mol. The Labute approximate surface area is 99.3 Å². The molecule has 0 aliphatic heterocycles. The average molecular weight is 255 g/mol. The standard InChI is InChI=1S/C11H23ClO2S/c1-9(2)7-11(8-12)5-6-15(13,14)10(3)4/h9-11H,5-8H2,1-4H3. The van der Waals surface area contributed by atoms with E-state index in [1.54, 1.807) is 13.8 Å². The molecule has 0 aromatic heterocycles. The maximum Gasteiger partial charge on any atom is 0.152 e. The van der Waals surface area contributed by atoms with E-state index in [0.717, 1.165) is 6.42 Å². The Morgan fingerprint density at radius 2 is 1.67 bits per heavy atom. The lowest BCUT2D eigenvalue weighted by Gasteiger charge is -2.16. The monoisotopic (exact) mass is 254 g/mol. The summed E-state index contributed by atoms with van der Waals surface area (Å²) in [5, 5.41) is -0.271. The van der Waals surface area contributed by atoms with Gasteiger partial charge in [0.15, 0.2) is 9.84 Å². The SMILES string of the molecule is CC(C)CC(CCl)CCS(=O)(=O)C(C)C. The van der Waals surface area contributed by atoms with Gasteiger partial charge in [-0.1, -0.05) is 13.8 Å². The second-order valence-corrected chi connectivity index (χ2v) is 7.84. The van der Waals surface area contributed by atoms with Gasteiger partial charge in [0.2, 0.25) is 0 Å². The largest absolute Gasteiger partial charge is 0.229 e. The molecule has 0 aliphatic carbocycles. The molecule has 0 aromatic rings. The molecule has 2 nitrogen and oxygen atoms in total. The Kier molecular flexibility index (Phi) is 6.85. The summed E-state index contributed by atoms with van der Waals surface area (Å²) in [7, 11) is -2.90. The van der Waals surface area contributed by atoms with Crippen LogP contribution in [0.25, 0.3) is 0 Å². The molecule has 1 unspecified atom stereocenters. The molecule has 0 radical (unpaired) electrons. The van der Waals surface area contributed by atoms with E-state index in [-0.39, 0.29) is 11.0 Å². The zero-order valence-corrected chi connectivity index (χ0v) is 11.7. The lowest BCUT2D eigenvalue weighted by atomic mass is 9.97. The Morgan fingerprint density at radius 3 is 2.00 bits per heavy atom. The topological polar surface area (TPSA) is 34.1 Å². The number of hydrogen-bond donors (Lipinski definition) is 0. The van der Waals surface area contributed by atoms with Crippen molar-refractivity contribution in [3.63, 3.8) is 0 Å². The van der Waals surface area contributed by atoms with Crippen molar-refractivity contribution in [2.75, 3.05) is 11.6 Å². The Balaban J connectivity index is 4.12. The Hall–Kier alpha value is 0.240. The maximum absolute atomic E-state index is 11.6. The molecule has 0 aromatic carbocycles. The molecule has 0 spiro atoms. The van der Waals surface area contributed by atoms with Gasteiger partial charge >= 0.3 is 0 Å². The lowest BCUT2D eigenvalue weighted by Crippen LogP contribution is -2.20. The van der Waals surface area contributed by atoms with Gasteiger partial charge in [-0.3, -0.25) is 0 Å². The molecular formula is C11H23ClO2S. The van der Waals surface area contributed by atoms with Crippen LogP contribution >= 0.6 is 11.6 Å². The zero-order chi connectivity index (χ0) is 12.1. The fourth-order valence-corrected chi connectivity index (χ4v) is 2.90. The first kappa shape index (κ1) is 15.2. The van der Waals surface area contributed by atoms with Gasteiger partial charge in [0.25, 0.3) is 0 Å². The highest BCUT2D eigenvalue weighted by molar-refractivity contribution is 7.91. The number of sulfone groups is 1. The fraction of sp³-hybridized carbons (Fsp3) is 1.00. The normalized spacial score (nSPS) is 14.9. The Morgan fingerprint density at radius 1 is 1.13 bits per heavy atom. The number of halogens is 1. The van der Waals surface area contributed by atoms with E-state index >= 15 is 0 Å². The van der Waals surface area contributed by atoms with Crippen LogP contribution in [0.1, 0.15) is 40.5 Å². The molecule has 0 fully saturated rings. The highest BCUT2D eigenvalue weighted by atomic mass is 35.5. The van der Waals surface area contributed by atoms with Gasteiger partial charge in [-0.25, -0.2) is 8.42 Å². The van der Waals surface area contributed by atoms with E-state index in [1.807, 2.05) is 0 Å². The molecule has 15 heavy (non-hydrogen) atoms. The summed E-state index contributed by atoms with van der Waals surface area (Å²) in [6, 6.07) is 0. The molecule has 0 saturated heterocycles. The second-order valence-electron chi connectivity index (χ2n) is 4.85. The molecule has 4 heteroatoms. The van der Waals surface area contributed by atoms with Crippen molar-refractivity contribution < 1.29 is 8.42 Å². The highest BCUT2D eigenvalue weighted by Gasteiger charge is 2.19. The molecule has 0 saturated carbocycles. The summed E-state index contributed by atoms with van der Waals surface area (Å²) >= 11 is 5.83. The van der Waals surface area contributed by atoms with Crippen LogP contribution < -0.4 is 0 Å². The molecule has 0 rings (SSSR count). The molecule has 0 heterocycles. The second kappa shape index (κ2) is 6.74. The summed E-state index contributed by atoms with van der Waals surface area (Å²) in [5.74, 6) is 1.75. The molecular weight excluding hydrogens is 232 g/mol. The third-order valence-corrected chi connectivity index (χ3v) is 5.23. The van der Waals surface area contributed by atoms with Gasteiger partial charge in [-0.15, -0.1) is 11.6 Å². The number of hydrogen-bond acceptors (Lipinski definition) is 2. The van der Waals surface area contributed by atoms with Crippen molar-refractivity contribution >= 4 is 21.4 Å². The van der Waals surface area contributed by atoms with Crippen LogP contribution in [-0.2, 0) is 9.84 Å². The highest BCUT2D eigenvalue weighted by Crippen LogP contribution is 2.18.